The van der Waals surface area contributed by atoms with Crippen molar-refractivity contribution in [3.8, 4) is 0 Å². The minimum Gasteiger partial charge on any atom is -0.0932 e. The van der Waals surface area contributed by atoms with Crippen molar-refractivity contribution in [3.05, 3.63) is 22.5 Å². The van der Waals surface area contributed by atoms with Crippen LogP contribution in [0.15, 0.2) is 22.5 Å². The molecule has 0 saturated carbocycles. The molecule has 21 heavy (non-hydrogen) atoms. The molecule has 122 valence electrons. The second-order valence-electron chi connectivity index (χ2n) is 7.00. The molecule has 0 saturated heterocycles. The molecule has 0 spiro atoms. The molecule has 1 aliphatic heterocycles. The molecular weight excluding hydrogens is 268 g/mol. The molecule has 0 aromatic heterocycles. The molecule has 0 radical (unpaired) electrons. The van der Waals surface area contributed by atoms with Crippen LogP contribution in [0.2, 0.25) is 6.55 Å². The summed E-state index contributed by atoms with van der Waals surface area (Å²) in [4.78, 5) is 0. The van der Waals surface area contributed by atoms with E-state index in [9.17, 15) is 0 Å². The lowest BCUT2D eigenvalue weighted by atomic mass is 10.0. The van der Waals surface area contributed by atoms with Crippen molar-refractivity contribution < 1.29 is 0 Å². The Bertz CT molecular complexity index is 314. The van der Waals surface area contributed by atoms with Gasteiger partial charge in [0.05, 0.1) is 8.80 Å². The van der Waals surface area contributed by atoms with Crippen LogP contribution in [0.25, 0.3) is 0 Å². The zero-order valence-corrected chi connectivity index (χ0v) is 16.1. The maximum Gasteiger partial charge on any atom is 0.0859 e. The van der Waals surface area contributed by atoms with E-state index in [1.165, 1.54) is 83.5 Å². The molecule has 1 unspecified atom stereocenters. The van der Waals surface area contributed by atoms with Crippen LogP contribution in [-0.4, -0.2) is 8.80 Å². The molecule has 0 N–H and O–H groups in total. The summed E-state index contributed by atoms with van der Waals surface area (Å²) in [7, 11) is -0.591. The van der Waals surface area contributed by atoms with Gasteiger partial charge in [0.15, 0.2) is 0 Å². The quantitative estimate of drug-likeness (QED) is 0.256. The Morgan fingerprint density at radius 2 is 1.24 bits per heavy atom. The molecule has 0 aliphatic carbocycles. The van der Waals surface area contributed by atoms with E-state index in [0.717, 1.165) is 0 Å². The summed E-state index contributed by atoms with van der Waals surface area (Å²) in [6, 6.07) is 0. The molecule has 0 aromatic carbocycles. The van der Waals surface area contributed by atoms with Gasteiger partial charge in [0.1, 0.15) is 0 Å². The molecule has 1 atom stereocenters. The normalized spacial score (nSPS) is 18.0. The van der Waals surface area contributed by atoms with Crippen molar-refractivity contribution in [3.63, 3.8) is 0 Å². The van der Waals surface area contributed by atoms with Gasteiger partial charge in [-0.2, -0.15) is 0 Å². The lowest BCUT2D eigenvalue weighted by Gasteiger charge is -2.06. The highest BCUT2D eigenvalue weighted by molar-refractivity contribution is 6.71. The first-order chi connectivity index (χ1) is 10.3. The van der Waals surface area contributed by atoms with Crippen molar-refractivity contribution >= 4 is 8.80 Å². The van der Waals surface area contributed by atoms with Crippen molar-refractivity contribution in [1.82, 2.24) is 0 Å². The molecule has 1 heterocycles. The zero-order valence-electron chi connectivity index (χ0n) is 14.9. The molecular formula is C20H38Si. The van der Waals surface area contributed by atoms with Crippen LogP contribution in [0.3, 0.4) is 0 Å². The Kier molecular flexibility index (Phi) is 10.9. The molecule has 0 fully saturated rings. The van der Waals surface area contributed by atoms with Gasteiger partial charge >= 0.3 is 0 Å². The van der Waals surface area contributed by atoms with Crippen molar-refractivity contribution in [1.29, 1.82) is 0 Å². The smallest absolute Gasteiger partial charge is 0.0859 e. The maximum atomic E-state index is 2.49. The first kappa shape index (κ1) is 18.7. The van der Waals surface area contributed by atoms with Crippen LogP contribution in [-0.2, 0) is 0 Å². The number of hydrogen-bond acceptors (Lipinski definition) is 0. The van der Waals surface area contributed by atoms with Gasteiger partial charge in [-0.25, -0.2) is 0 Å². The fourth-order valence-corrected chi connectivity index (χ4v) is 4.90. The predicted molar refractivity (Wildman–Crippen MR) is 101 cm³/mol. The van der Waals surface area contributed by atoms with Gasteiger partial charge in [-0.1, -0.05) is 107 Å². The number of unbranched alkanes of at least 4 members (excludes halogenated alkanes) is 11. The largest absolute Gasteiger partial charge is 0.0932 e. The van der Waals surface area contributed by atoms with Crippen molar-refractivity contribution in [2.24, 2.45) is 0 Å². The number of hydrogen-bond donors (Lipinski definition) is 0. The van der Waals surface area contributed by atoms with Gasteiger partial charge in [-0.05, 0) is 19.8 Å². The van der Waals surface area contributed by atoms with Crippen LogP contribution >= 0.6 is 0 Å². The van der Waals surface area contributed by atoms with Gasteiger partial charge in [0.25, 0.3) is 0 Å². The van der Waals surface area contributed by atoms with E-state index in [1.54, 1.807) is 10.8 Å². The first-order valence-corrected chi connectivity index (χ1v) is 12.0. The van der Waals surface area contributed by atoms with E-state index < -0.39 is 8.80 Å². The summed E-state index contributed by atoms with van der Waals surface area (Å²) in [5.41, 5.74) is 4.17. The third-order valence-corrected chi connectivity index (χ3v) is 7.58. The molecule has 0 bridgehead atoms. The fraction of sp³-hybridized carbons (Fsp3) is 0.800. The summed E-state index contributed by atoms with van der Waals surface area (Å²) in [6.07, 6.45) is 21.2. The minimum atomic E-state index is -0.591. The van der Waals surface area contributed by atoms with Gasteiger partial charge < -0.3 is 0 Å². The average Bonchev–Trinajstić information content (AvgIpc) is 2.80. The average molecular weight is 307 g/mol. The van der Waals surface area contributed by atoms with Crippen LogP contribution in [0.4, 0.5) is 0 Å². The molecule has 1 aliphatic rings. The second kappa shape index (κ2) is 12.3. The lowest BCUT2D eigenvalue weighted by Crippen LogP contribution is -2.02. The summed E-state index contributed by atoms with van der Waals surface area (Å²) in [5, 5.41) is 1.75. The van der Waals surface area contributed by atoms with Crippen molar-refractivity contribution in [2.75, 3.05) is 0 Å². The Morgan fingerprint density at radius 1 is 0.762 bits per heavy atom. The molecule has 0 nitrogen and oxygen atoms in total. The van der Waals surface area contributed by atoms with Gasteiger partial charge in [0.2, 0.25) is 0 Å². The molecule has 1 rings (SSSR count). The van der Waals surface area contributed by atoms with E-state index >= 15 is 0 Å². The maximum absolute atomic E-state index is 2.49. The second-order valence-corrected chi connectivity index (χ2v) is 9.82. The third-order valence-electron chi connectivity index (χ3n) is 5.08. The van der Waals surface area contributed by atoms with E-state index in [-0.39, 0.29) is 0 Å². The summed E-state index contributed by atoms with van der Waals surface area (Å²) < 4.78 is 0. The number of allylic oxidation sites excluding steroid dienone is 3. The van der Waals surface area contributed by atoms with E-state index in [1.807, 2.05) is 0 Å². The molecule has 1 heteroatoms. The third kappa shape index (κ3) is 8.66. The highest BCUT2D eigenvalue weighted by Gasteiger charge is 2.12. The van der Waals surface area contributed by atoms with E-state index in [2.05, 4.69) is 32.2 Å². The Morgan fingerprint density at radius 3 is 1.67 bits per heavy atom. The number of rotatable bonds is 13. The lowest BCUT2D eigenvalue weighted by molar-refractivity contribution is 0.544. The first-order valence-electron chi connectivity index (χ1n) is 9.63. The summed E-state index contributed by atoms with van der Waals surface area (Å²) in [6.45, 7) is 7.11. The van der Waals surface area contributed by atoms with E-state index in [4.69, 9.17) is 0 Å². The summed E-state index contributed by atoms with van der Waals surface area (Å²) in [5.74, 6) is 0. The molecule has 0 amide bonds. The van der Waals surface area contributed by atoms with Crippen LogP contribution in [0.5, 0.6) is 0 Å². The highest BCUT2D eigenvalue weighted by atomic mass is 28.3. The van der Waals surface area contributed by atoms with Gasteiger partial charge in [0, 0.05) is 0 Å². The highest BCUT2D eigenvalue weighted by Crippen LogP contribution is 2.23. The Balaban J connectivity index is 1.82. The standard InChI is InChI=1S/C20H38Si/c1-4-5-6-7-8-9-10-11-12-13-14-15-16-20-17-18-21(3)19(20)2/h17-18,21H,4-16H2,1-3H3. The van der Waals surface area contributed by atoms with Gasteiger partial charge in [-0.3, -0.25) is 0 Å². The Labute approximate surface area is 135 Å². The van der Waals surface area contributed by atoms with Crippen molar-refractivity contribution in [2.45, 2.75) is 104 Å². The van der Waals surface area contributed by atoms with Crippen LogP contribution in [0, 0.1) is 0 Å². The molecule has 0 aromatic rings. The van der Waals surface area contributed by atoms with Gasteiger partial charge in [-0.15, -0.1) is 0 Å². The monoisotopic (exact) mass is 306 g/mol. The Hall–Kier alpha value is -0.303. The predicted octanol–water partition coefficient (Wildman–Crippen LogP) is 6.90. The van der Waals surface area contributed by atoms with Crippen LogP contribution < -0.4 is 0 Å². The SMILES string of the molecule is CCCCCCCCCCCCCCC1=C(C)[SiH](C)C=C1. The van der Waals surface area contributed by atoms with E-state index in [0.29, 0.717) is 0 Å². The fourth-order valence-electron chi connectivity index (χ4n) is 3.27. The minimum absolute atomic E-state index is 0.591. The summed E-state index contributed by atoms with van der Waals surface area (Å²) >= 11 is 0. The zero-order chi connectivity index (χ0) is 15.3. The van der Waals surface area contributed by atoms with Crippen LogP contribution in [0.1, 0.15) is 97.3 Å². The topological polar surface area (TPSA) is 0 Å².